The highest BCUT2D eigenvalue weighted by molar-refractivity contribution is 6.04. The van der Waals surface area contributed by atoms with E-state index >= 15 is 0 Å². The number of primary amides is 1. The van der Waals surface area contributed by atoms with E-state index < -0.39 is 11.5 Å². The highest BCUT2D eigenvalue weighted by atomic mass is 16.6. The molecule has 2 amide bonds. The van der Waals surface area contributed by atoms with Crippen LogP contribution in [0, 0.1) is 5.41 Å². The number of hydrogen-bond acceptors (Lipinski definition) is 5. The summed E-state index contributed by atoms with van der Waals surface area (Å²) in [7, 11) is 1.72. The number of aromatic nitrogens is 2. The molecule has 2 aromatic carbocycles. The number of nitrogens with zero attached hydrogens (tertiary/aromatic N) is 3. The number of carbonyl (C=O) groups excluding carboxylic acids is 2. The molecule has 1 aliphatic heterocycles. The number of amides is 2. The predicted octanol–water partition coefficient (Wildman–Crippen LogP) is 4.04. The number of nitrogens with two attached hydrogens (primary N) is 1. The molecule has 1 aliphatic carbocycles. The van der Waals surface area contributed by atoms with Crippen LogP contribution in [0.25, 0.3) is 16.6 Å². The number of ether oxygens (including phenoxy) is 2. The molecule has 2 heterocycles. The van der Waals surface area contributed by atoms with E-state index in [0.29, 0.717) is 30.8 Å². The Morgan fingerprint density at radius 1 is 1.14 bits per heavy atom. The molecule has 3 aromatic rings. The van der Waals surface area contributed by atoms with Crippen LogP contribution in [0.2, 0.25) is 0 Å². The summed E-state index contributed by atoms with van der Waals surface area (Å²) in [4.78, 5) is 26.3. The van der Waals surface area contributed by atoms with E-state index in [9.17, 15) is 9.59 Å². The predicted molar refractivity (Wildman–Crippen MR) is 133 cm³/mol. The van der Waals surface area contributed by atoms with Crippen LogP contribution in [-0.2, 0) is 14.9 Å². The van der Waals surface area contributed by atoms with E-state index in [1.807, 2.05) is 44.0 Å². The summed E-state index contributed by atoms with van der Waals surface area (Å²) in [6.07, 6.45) is 3.48. The minimum atomic E-state index is -0.519. The molecule has 1 saturated carbocycles. The van der Waals surface area contributed by atoms with E-state index in [1.165, 1.54) is 5.56 Å². The van der Waals surface area contributed by atoms with Gasteiger partial charge in [0.05, 0.1) is 17.9 Å². The Morgan fingerprint density at radius 2 is 1.89 bits per heavy atom. The SMILES string of the molecule is COCC12CN(C(=O)OC(C)(C)C)CCC1(c1ccc(-n3cc4cccc(C(N)=O)c4n3)cc1)C2. The molecule has 8 heteroatoms. The van der Waals surface area contributed by atoms with Gasteiger partial charge in [0, 0.05) is 42.6 Å². The second-order valence-electron chi connectivity index (χ2n) is 10.9. The quantitative estimate of drug-likeness (QED) is 0.599. The van der Waals surface area contributed by atoms with Gasteiger partial charge in [-0.1, -0.05) is 24.3 Å². The lowest BCUT2D eigenvalue weighted by Crippen LogP contribution is -2.48. The van der Waals surface area contributed by atoms with E-state index in [-0.39, 0.29) is 16.9 Å². The Kier molecular flexibility index (Phi) is 5.40. The molecular formula is C27H32N4O4. The molecule has 2 fully saturated rings. The van der Waals surface area contributed by atoms with Crippen molar-refractivity contribution in [1.29, 1.82) is 0 Å². The van der Waals surface area contributed by atoms with Gasteiger partial charge in [0.2, 0.25) is 0 Å². The highest BCUT2D eigenvalue weighted by Gasteiger charge is 2.70. The maximum atomic E-state index is 12.7. The van der Waals surface area contributed by atoms with Gasteiger partial charge >= 0.3 is 6.09 Å². The van der Waals surface area contributed by atoms with Crippen LogP contribution in [0.5, 0.6) is 0 Å². The van der Waals surface area contributed by atoms with Crippen LogP contribution in [-0.4, -0.2) is 59.1 Å². The Hall–Kier alpha value is -3.39. The molecule has 2 unspecified atom stereocenters. The van der Waals surface area contributed by atoms with Crippen LogP contribution in [0.1, 0.15) is 49.5 Å². The largest absolute Gasteiger partial charge is 0.444 e. The molecule has 0 spiro atoms. The van der Waals surface area contributed by atoms with Gasteiger partial charge in [-0.15, -0.1) is 0 Å². The zero-order valence-corrected chi connectivity index (χ0v) is 20.7. The van der Waals surface area contributed by atoms with Gasteiger partial charge in [-0.25, -0.2) is 9.48 Å². The van der Waals surface area contributed by atoms with Gasteiger partial charge in [-0.05, 0) is 57.4 Å². The van der Waals surface area contributed by atoms with Crippen molar-refractivity contribution in [2.45, 2.75) is 44.6 Å². The summed E-state index contributed by atoms with van der Waals surface area (Å²) in [6.45, 7) is 7.54. The first-order chi connectivity index (χ1) is 16.6. The minimum Gasteiger partial charge on any atom is -0.444 e. The number of piperidine rings is 1. The molecule has 2 aliphatic rings. The maximum absolute atomic E-state index is 12.7. The number of hydrogen-bond donors (Lipinski definition) is 1. The third kappa shape index (κ3) is 3.95. The van der Waals surface area contributed by atoms with Crippen molar-refractivity contribution in [2.24, 2.45) is 11.1 Å². The molecule has 0 radical (unpaired) electrons. The van der Waals surface area contributed by atoms with E-state index in [1.54, 1.807) is 17.9 Å². The van der Waals surface area contributed by atoms with Crippen molar-refractivity contribution in [3.63, 3.8) is 0 Å². The second-order valence-corrected chi connectivity index (χ2v) is 10.9. The van der Waals surface area contributed by atoms with Crippen LogP contribution >= 0.6 is 0 Å². The first kappa shape index (κ1) is 23.4. The van der Waals surface area contributed by atoms with Crippen molar-refractivity contribution in [3.05, 3.63) is 59.8 Å². The molecule has 2 N–H and O–H groups in total. The topological polar surface area (TPSA) is 99.7 Å². The van der Waals surface area contributed by atoms with Crippen molar-refractivity contribution in [1.82, 2.24) is 14.7 Å². The molecule has 35 heavy (non-hydrogen) atoms. The van der Waals surface area contributed by atoms with Gasteiger partial charge in [-0.3, -0.25) is 4.79 Å². The molecule has 1 saturated heterocycles. The van der Waals surface area contributed by atoms with Crippen LogP contribution in [0.4, 0.5) is 4.79 Å². The first-order valence-electron chi connectivity index (χ1n) is 11.9. The van der Waals surface area contributed by atoms with Crippen molar-refractivity contribution in [3.8, 4) is 5.69 Å². The van der Waals surface area contributed by atoms with Crippen LogP contribution in [0.15, 0.2) is 48.7 Å². The van der Waals surface area contributed by atoms with Crippen LogP contribution in [0.3, 0.4) is 0 Å². The van der Waals surface area contributed by atoms with Crippen LogP contribution < -0.4 is 5.73 Å². The van der Waals surface area contributed by atoms with Gasteiger partial charge < -0.3 is 20.1 Å². The minimum absolute atomic E-state index is 0.0198. The monoisotopic (exact) mass is 476 g/mol. The number of fused-ring (bicyclic) bond motifs is 2. The van der Waals surface area contributed by atoms with Gasteiger partial charge in [-0.2, -0.15) is 5.10 Å². The Morgan fingerprint density at radius 3 is 2.54 bits per heavy atom. The highest BCUT2D eigenvalue weighted by Crippen LogP contribution is 2.69. The second kappa shape index (κ2) is 8.09. The smallest absolute Gasteiger partial charge is 0.410 e. The van der Waals surface area contributed by atoms with E-state index in [0.717, 1.165) is 23.9 Å². The Labute approximate surface area is 205 Å². The number of carbonyl (C=O) groups is 2. The number of methoxy groups -OCH3 is 1. The average molecular weight is 477 g/mol. The Balaban J connectivity index is 1.40. The lowest BCUT2D eigenvalue weighted by atomic mass is 9.80. The standard InChI is InChI=1S/C27H32N4O4/c1-25(2,3)35-24(33)30-13-12-27(15-26(27,16-30)17-34-4)19-8-10-20(11-9-19)31-14-18-6-5-7-21(23(28)32)22(18)29-31/h5-11,14H,12-13,15-17H2,1-4H3,(H2,28,32). The lowest BCUT2D eigenvalue weighted by Gasteiger charge is -2.38. The molecule has 2 atom stereocenters. The van der Waals surface area contributed by atoms with Gasteiger partial charge in [0.15, 0.2) is 0 Å². The third-order valence-corrected chi connectivity index (χ3v) is 7.39. The van der Waals surface area contributed by atoms with E-state index in [2.05, 4.69) is 29.4 Å². The molecular weight excluding hydrogens is 444 g/mol. The normalized spacial score (nSPS) is 23.7. The maximum Gasteiger partial charge on any atom is 0.410 e. The third-order valence-electron chi connectivity index (χ3n) is 7.39. The molecule has 8 nitrogen and oxygen atoms in total. The van der Waals surface area contributed by atoms with Crippen molar-refractivity contribution in [2.75, 3.05) is 26.8 Å². The molecule has 184 valence electrons. The number of benzene rings is 2. The molecule has 0 bridgehead atoms. The zero-order valence-electron chi connectivity index (χ0n) is 20.7. The lowest BCUT2D eigenvalue weighted by molar-refractivity contribution is 0.00562. The first-order valence-corrected chi connectivity index (χ1v) is 11.9. The molecule has 1 aromatic heterocycles. The average Bonchev–Trinajstić information content (AvgIpc) is 3.27. The van der Waals surface area contributed by atoms with Gasteiger partial charge in [0.1, 0.15) is 11.1 Å². The van der Waals surface area contributed by atoms with Gasteiger partial charge in [0.25, 0.3) is 5.91 Å². The number of rotatable bonds is 5. The summed E-state index contributed by atoms with van der Waals surface area (Å²) < 4.78 is 13.0. The Bertz CT molecular complexity index is 1290. The van der Waals surface area contributed by atoms with Crippen molar-refractivity contribution >= 4 is 22.9 Å². The summed E-state index contributed by atoms with van der Waals surface area (Å²) in [6, 6.07) is 13.8. The fourth-order valence-electron chi connectivity index (χ4n) is 5.72. The van der Waals surface area contributed by atoms with Crippen molar-refractivity contribution < 1.29 is 19.1 Å². The number of likely N-dealkylation sites (tertiary alicyclic amines) is 1. The summed E-state index contributed by atoms with van der Waals surface area (Å²) in [5, 5.41) is 5.47. The summed E-state index contributed by atoms with van der Waals surface area (Å²) >= 11 is 0. The zero-order chi connectivity index (χ0) is 25.0. The van der Waals surface area contributed by atoms with E-state index in [4.69, 9.17) is 15.2 Å². The summed E-state index contributed by atoms with van der Waals surface area (Å²) in [5.41, 5.74) is 8.02. The fraction of sp³-hybridized carbons (Fsp3) is 0.444. The molecule has 5 rings (SSSR count). The summed E-state index contributed by atoms with van der Waals surface area (Å²) in [5.74, 6) is -0.490. The fourth-order valence-corrected chi connectivity index (χ4v) is 5.72.